The number of piperidine rings is 1. The second-order valence-electron chi connectivity index (χ2n) is 4.89. The topological polar surface area (TPSA) is 101 Å². The second-order valence-corrected chi connectivity index (χ2v) is 6.69. The molecule has 2 rings (SSSR count). The highest BCUT2D eigenvalue weighted by Gasteiger charge is 2.45. The predicted molar refractivity (Wildman–Crippen MR) is 75.9 cm³/mol. The van der Waals surface area contributed by atoms with Gasteiger partial charge in [0.05, 0.1) is 0 Å². The summed E-state index contributed by atoms with van der Waals surface area (Å²) in [4.78, 5) is 12.0. The molecule has 0 saturated carbocycles. The fourth-order valence-corrected chi connectivity index (χ4v) is 3.48. The number of hydrogen-bond acceptors (Lipinski definition) is 4. The van der Waals surface area contributed by atoms with Crippen molar-refractivity contribution in [2.45, 2.75) is 25.0 Å². The normalized spacial score (nSPS) is 25.2. The number of nitrogens with two attached hydrogens (primary N) is 2. The Balaban J connectivity index is 2.14. The van der Waals surface area contributed by atoms with Gasteiger partial charge in [-0.2, -0.15) is 0 Å². The van der Waals surface area contributed by atoms with Gasteiger partial charge in [-0.25, -0.2) is 5.84 Å². The number of hydrogen-bond donors (Lipinski definition) is 3. The lowest BCUT2D eigenvalue weighted by molar-refractivity contribution is -0.136. The molecule has 1 aromatic rings. The number of carbonyl (C=O) groups excluding carboxylic acids is 1. The monoisotopic (exact) mass is 282 g/mol. The number of carbonyl (C=O) groups is 1. The first-order valence-electron chi connectivity index (χ1n) is 6.17. The molecule has 104 valence electrons. The van der Waals surface area contributed by atoms with Crippen molar-refractivity contribution in [2.75, 3.05) is 11.6 Å². The molecule has 5 N–H and O–H groups in total. The van der Waals surface area contributed by atoms with E-state index in [0.29, 0.717) is 25.1 Å². The number of amides is 1. The third-order valence-corrected chi connectivity index (χ3v) is 5.12. The molecule has 2 atom stereocenters. The first-order valence-corrected chi connectivity index (χ1v) is 7.58. The average molecular weight is 282 g/mol. The fourth-order valence-electron chi connectivity index (χ4n) is 2.08. The highest BCUT2D eigenvalue weighted by molar-refractivity contribution is 7.49. The molecule has 1 aromatic carbocycles. The molecule has 7 heteroatoms. The van der Waals surface area contributed by atoms with Gasteiger partial charge in [-0.1, -0.05) is 17.7 Å². The maximum atomic E-state index is 12.4. The van der Waals surface area contributed by atoms with E-state index in [1.54, 1.807) is 0 Å². The molecule has 1 unspecified atom stereocenters. The van der Waals surface area contributed by atoms with Crippen molar-refractivity contribution in [3.8, 4) is 0 Å². The van der Waals surface area contributed by atoms with Crippen LogP contribution in [0, 0.1) is 6.92 Å². The van der Waals surface area contributed by atoms with Gasteiger partial charge in [0.25, 0.3) is 5.91 Å². The van der Waals surface area contributed by atoms with Gasteiger partial charge < -0.3 is 15.4 Å². The summed E-state index contributed by atoms with van der Waals surface area (Å²) < 4.78 is 12.4. The lowest BCUT2D eigenvalue weighted by Gasteiger charge is -2.36. The van der Waals surface area contributed by atoms with E-state index >= 15 is 0 Å². The lowest BCUT2D eigenvalue weighted by Crippen LogP contribution is -2.59. The zero-order chi connectivity index (χ0) is 14.0. The number of anilines is 1. The van der Waals surface area contributed by atoms with E-state index in [-0.39, 0.29) is 0 Å². The summed E-state index contributed by atoms with van der Waals surface area (Å²) in [6, 6.07) is 7.43. The molecule has 19 heavy (non-hydrogen) atoms. The van der Waals surface area contributed by atoms with Crippen LogP contribution in [0.15, 0.2) is 24.3 Å². The Hall–Kier alpha value is -1.36. The molecule has 0 aromatic heterocycles. The zero-order valence-corrected chi connectivity index (χ0v) is 11.8. The van der Waals surface area contributed by atoms with E-state index in [9.17, 15) is 9.36 Å². The van der Waals surface area contributed by atoms with Crippen molar-refractivity contribution >= 4 is 19.5 Å². The molecule has 0 bridgehead atoms. The van der Waals surface area contributed by atoms with E-state index in [1.165, 1.54) is 0 Å². The fraction of sp³-hybridized carbons (Fsp3) is 0.417. The number of nitrogens with one attached hydrogen (secondary N) is 1. The maximum Gasteiger partial charge on any atom is 0.265 e. The zero-order valence-electron chi connectivity index (χ0n) is 10.8. The smallest absolute Gasteiger partial charge is 0.265 e. The maximum absolute atomic E-state index is 12.4. The van der Waals surface area contributed by atoms with Crippen LogP contribution in [0.25, 0.3) is 0 Å². The van der Waals surface area contributed by atoms with Crippen molar-refractivity contribution in [2.24, 2.45) is 11.6 Å². The van der Waals surface area contributed by atoms with Gasteiger partial charge in [0.1, 0.15) is 0 Å². The summed E-state index contributed by atoms with van der Waals surface area (Å²) in [7, 11) is -2.53. The van der Waals surface area contributed by atoms with Crippen molar-refractivity contribution in [3.05, 3.63) is 29.8 Å². The van der Waals surface area contributed by atoms with E-state index < -0.39 is 19.1 Å². The highest BCUT2D eigenvalue weighted by atomic mass is 31.1. The van der Waals surface area contributed by atoms with E-state index in [2.05, 4.69) is 5.09 Å². The number of aryl methyl sites for hydroxylation is 1. The Morgan fingerprint density at radius 2 is 2.00 bits per heavy atom. The summed E-state index contributed by atoms with van der Waals surface area (Å²) in [6.45, 7) is 2.42. The lowest BCUT2D eigenvalue weighted by atomic mass is 10.1. The van der Waals surface area contributed by atoms with Gasteiger partial charge in [-0.15, -0.1) is 0 Å². The number of rotatable bonds is 3. The van der Waals surface area contributed by atoms with Crippen LogP contribution >= 0.6 is 7.95 Å². The van der Waals surface area contributed by atoms with Gasteiger partial charge in [-0.3, -0.25) is 9.80 Å². The highest BCUT2D eigenvalue weighted by Crippen LogP contribution is 2.41. The third-order valence-electron chi connectivity index (χ3n) is 3.33. The minimum absolute atomic E-state index is 0.385. The molecule has 0 aliphatic carbocycles. The molecule has 6 nitrogen and oxygen atoms in total. The molecule has 0 spiro atoms. The van der Waals surface area contributed by atoms with Crippen LogP contribution in [-0.2, 0) is 9.36 Å². The van der Waals surface area contributed by atoms with Gasteiger partial charge >= 0.3 is 0 Å². The van der Waals surface area contributed by atoms with Gasteiger partial charge in [0, 0.05) is 12.2 Å². The third kappa shape index (κ3) is 2.81. The largest absolute Gasteiger partial charge is 0.337 e. The van der Waals surface area contributed by atoms with E-state index in [0.717, 1.165) is 10.6 Å². The Bertz CT molecular complexity index is 505. The molecule has 1 aliphatic rings. The van der Waals surface area contributed by atoms with Crippen LogP contribution in [-0.4, -0.2) is 22.7 Å². The standard InChI is InChI=1S/C12H19N4O2P/c1-9-3-5-10(6-4-9)15-19(18)12(13)7-2-8-16(14)11(12)17/h3-6,19H,2,7-8,13-14H2,1H3,(H,15,18)/t12-/m0/s1. The van der Waals surface area contributed by atoms with Crippen LogP contribution < -0.4 is 16.7 Å². The van der Waals surface area contributed by atoms with Crippen molar-refractivity contribution in [3.63, 3.8) is 0 Å². The Kier molecular flexibility index (Phi) is 3.94. The summed E-state index contributed by atoms with van der Waals surface area (Å²) in [5.41, 5.74) is 7.82. The first kappa shape index (κ1) is 14.1. The Morgan fingerprint density at radius 3 is 2.63 bits per heavy atom. The SMILES string of the molecule is Cc1ccc(N[PH](=O)[C@@]2(N)CCCN(N)C2=O)cc1. The van der Waals surface area contributed by atoms with Crippen molar-refractivity contribution < 1.29 is 9.36 Å². The van der Waals surface area contributed by atoms with Crippen LogP contribution in [0.3, 0.4) is 0 Å². The minimum Gasteiger partial charge on any atom is -0.337 e. The van der Waals surface area contributed by atoms with Crippen LogP contribution in [0.1, 0.15) is 18.4 Å². The Morgan fingerprint density at radius 1 is 1.37 bits per heavy atom. The van der Waals surface area contributed by atoms with Crippen molar-refractivity contribution in [1.82, 2.24) is 5.01 Å². The average Bonchev–Trinajstić information content (AvgIpc) is 2.38. The predicted octanol–water partition coefficient (Wildman–Crippen LogP) is 1.03. The first-order chi connectivity index (χ1) is 8.93. The molecule has 1 aliphatic heterocycles. The van der Waals surface area contributed by atoms with Gasteiger partial charge in [0.15, 0.2) is 13.2 Å². The summed E-state index contributed by atoms with van der Waals surface area (Å²) in [5, 5.41) is 2.52. The molecular weight excluding hydrogens is 263 g/mol. The van der Waals surface area contributed by atoms with E-state index in [1.807, 2.05) is 31.2 Å². The number of benzene rings is 1. The molecule has 1 fully saturated rings. The Labute approximate surface area is 112 Å². The second kappa shape index (κ2) is 5.33. The summed E-state index contributed by atoms with van der Waals surface area (Å²) in [6.07, 6.45) is 1.04. The number of nitrogens with zero attached hydrogens (tertiary/aromatic N) is 1. The van der Waals surface area contributed by atoms with Gasteiger partial charge in [-0.05, 0) is 31.9 Å². The summed E-state index contributed by atoms with van der Waals surface area (Å²) in [5.74, 6) is 5.10. The van der Waals surface area contributed by atoms with Crippen molar-refractivity contribution in [1.29, 1.82) is 0 Å². The van der Waals surface area contributed by atoms with Crippen LogP contribution in [0.5, 0.6) is 0 Å². The molecule has 1 saturated heterocycles. The minimum atomic E-state index is -2.53. The quantitative estimate of drug-likeness (QED) is 0.436. The molecular formula is C12H19N4O2P. The van der Waals surface area contributed by atoms with Crippen LogP contribution in [0.4, 0.5) is 5.69 Å². The molecule has 1 heterocycles. The van der Waals surface area contributed by atoms with Gasteiger partial charge in [0.2, 0.25) is 0 Å². The number of hydrazine groups is 1. The molecule has 0 radical (unpaired) electrons. The van der Waals surface area contributed by atoms with Crippen LogP contribution in [0.2, 0.25) is 0 Å². The molecule has 1 amide bonds. The summed E-state index contributed by atoms with van der Waals surface area (Å²) >= 11 is 0. The van der Waals surface area contributed by atoms with E-state index in [4.69, 9.17) is 11.6 Å².